The van der Waals surface area contributed by atoms with Crippen molar-refractivity contribution in [1.29, 1.82) is 0 Å². The van der Waals surface area contributed by atoms with Crippen LogP contribution in [0.5, 0.6) is 5.75 Å². The van der Waals surface area contributed by atoms with Gasteiger partial charge in [-0.1, -0.05) is 31.5 Å². The zero-order valence-corrected chi connectivity index (χ0v) is 17.2. The zero-order valence-electron chi connectivity index (χ0n) is 16.4. The van der Waals surface area contributed by atoms with E-state index in [1.165, 1.54) is 0 Å². The van der Waals surface area contributed by atoms with Crippen LogP contribution in [0.1, 0.15) is 13.3 Å². The Balaban J connectivity index is 1.62. The second-order valence-corrected chi connectivity index (χ2v) is 9.99. The van der Waals surface area contributed by atoms with Crippen LogP contribution in [-0.2, 0) is 14.6 Å². The van der Waals surface area contributed by atoms with Gasteiger partial charge in [-0.3, -0.25) is 4.79 Å². The fourth-order valence-electron chi connectivity index (χ4n) is 4.27. The third-order valence-electron chi connectivity index (χ3n) is 5.97. The average Bonchev–Trinajstić information content (AvgIpc) is 3.06. The fraction of sp³-hybridized carbons (Fsp3) is 0.650. The summed E-state index contributed by atoms with van der Waals surface area (Å²) in [4.78, 5) is 16.7. The van der Waals surface area contributed by atoms with Crippen LogP contribution in [0, 0.1) is 11.8 Å². The summed E-state index contributed by atoms with van der Waals surface area (Å²) in [5, 5.41) is 10.0. The summed E-state index contributed by atoms with van der Waals surface area (Å²) in [6, 6.07) is 8.96. The van der Waals surface area contributed by atoms with E-state index in [9.17, 15) is 18.3 Å². The number of ether oxygens (including phenoxy) is 1. The van der Waals surface area contributed by atoms with E-state index in [-0.39, 0.29) is 48.5 Å². The molecule has 0 bridgehead atoms. The lowest BCUT2D eigenvalue weighted by atomic mass is 9.88. The van der Waals surface area contributed by atoms with Gasteiger partial charge in [-0.25, -0.2) is 8.42 Å². The van der Waals surface area contributed by atoms with Gasteiger partial charge in [-0.05, 0) is 24.0 Å². The van der Waals surface area contributed by atoms with Crippen LogP contribution >= 0.6 is 0 Å². The molecule has 3 atom stereocenters. The highest BCUT2D eigenvalue weighted by Crippen LogP contribution is 2.33. The summed E-state index contributed by atoms with van der Waals surface area (Å²) in [5.74, 6) is 1.33. The Morgan fingerprint density at radius 1 is 1.21 bits per heavy atom. The number of sulfone groups is 1. The Morgan fingerprint density at radius 2 is 1.89 bits per heavy atom. The van der Waals surface area contributed by atoms with Gasteiger partial charge in [0.1, 0.15) is 5.75 Å². The lowest BCUT2D eigenvalue weighted by molar-refractivity contribution is -0.135. The number of likely N-dealkylation sites (tertiary alicyclic amines) is 1. The maximum Gasteiger partial charge on any atom is 0.260 e. The minimum Gasteiger partial charge on any atom is -0.484 e. The normalized spacial score (nSPS) is 27.6. The van der Waals surface area contributed by atoms with Crippen LogP contribution in [0.25, 0.3) is 0 Å². The SMILES string of the molecule is CC[C@@H]1CN(C(=O)COc2ccccc2)[C@H](CO)[C@@H]1CN1CCS(=O)(=O)CC1. The number of hydrogen-bond donors (Lipinski definition) is 1. The van der Waals surface area contributed by atoms with Crippen molar-refractivity contribution in [2.24, 2.45) is 11.8 Å². The second-order valence-electron chi connectivity index (χ2n) is 7.68. The Bertz CT molecular complexity index is 741. The molecule has 1 N–H and O–H groups in total. The van der Waals surface area contributed by atoms with Gasteiger partial charge in [-0.15, -0.1) is 0 Å². The Hall–Kier alpha value is -1.64. The Kier molecular flexibility index (Phi) is 6.95. The molecule has 8 heteroatoms. The quantitative estimate of drug-likeness (QED) is 0.710. The van der Waals surface area contributed by atoms with Crippen LogP contribution in [0.2, 0.25) is 0 Å². The van der Waals surface area contributed by atoms with Gasteiger partial charge in [0.15, 0.2) is 16.4 Å². The number of rotatable bonds is 7. The maximum absolute atomic E-state index is 12.8. The molecule has 2 fully saturated rings. The molecule has 28 heavy (non-hydrogen) atoms. The van der Waals surface area contributed by atoms with Crippen LogP contribution in [0.4, 0.5) is 0 Å². The molecule has 0 unspecified atom stereocenters. The molecule has 1 amide bonds. The first kappa shape index (κ1) is 21.1. The minimum atomic E-state index is -2.92. The highest BCUT2D eigenvalue weighted by Gasteiger charge is 2.43. The molecule has 0 radical (unpaired) electrons. The first-order valence-electron chi connectivity index (χ1n) is 9.94. The number of amides is 1. The van der Waals surface area contributed by atoms with Crippen molar-refractivity contribution in [3.8, 4) is 5.75 Å². The van der Waals surface area contributed by atoms with E-state index in [0.29, 0.717) is 31.9 Å². The molecule has 156 valence electrons. The number of hydrogen-bond acceptors (Lipinski definition) is 6. The monoisotopic (exact) mass is 410 g/mol. The topological polar surface area (TPSA) is 87.2 Å². The minimum absolute atomic E-state index is 0.0500. The summed E-state index contributed by atoms with van der Waals surface area (Å²) in [5.41, 5.74) is 0. The van der Waals surface area contributed by atoms with Crippen molar-refractivity contribution in [3.63, 3.8) is 0 Å². The van der Waals surface area contributed by atoms with Gasteiger partial charge >= 0.3 is 0 Å². The number of aliphatic hydroxyl groups excluding tert-OH is 1. The molecule has 2 aliphatic heterocycles. The summed E-state index contributed by atoms with van der Waals surface area (Å²) in [6.07, 6.45) is 0.913. The van der Waals surface area contributed by atoms with E-state index < -0.39 is 9.84 Å². The van der Waals surface area contributed by atoms with Crippen molar-refractivity contribution in [1.82, 2.24) is 9.80 Å². The third kappa shape index (κ3) is 5.04. The van der Waals surface area contributed by atoms with E-state index in [4.69, 9.17) is 4.74 Å². The summed E-state index contributed by atoms with van der Waals surface area (Å²) >= 11 is 0. The predicted molar refractivity (Wildman–Crippen MR) is 107 cm³/mol. The average molecular weight is 411 g/mol. The first-order chi connectivity index (χ1) is 13.4. The Labute approximate surface area is 167 Å². The third-order valence-corrected chi connectivity index (χ3v) is 7.58. The van der Waals surface area contributed by atoms with Crippen molar-refractivity contribution < 1.29 is 23.1 Å². The number of benzene rings is 1. The van der Waals surface area contributed by atoms with Crippen LogP contribution < -0.4 is 4.74 Å². The van der Waals surface area contributed by atoms with Gasteiger partial charge in [-0.2, -0.15) is 0 Å². The molecule has 0 spiro atoms. The van der Waals surface area contributed by atoms with Gasteiger partial charge in [0.25, 0.3) is 5.91 Å². The van der Waals surface area contributed by atoms with Crippen molar-refractivity contribution in [2.45, 2.75) is 19.4 Å². The first-order valence-corrected chi connectivity index (χ1v) is 11.8. The molecule has 0 aromatic heterocycles. The highest BCUT2D eigenvalue weighted by atomic mass is 32.2. The largest absolute Gasteiger partial charge is 0.484 e. The van der Waals surface area contributed by atoms with Gasteiger partial charge in [0, 0.05) is 26.2 Å². The molecular weight excluding hydrogens is 380 g/mol. The number of carbonyl (C=O) groups is 1. The molecule has 0 saturated carbocycles. The molecule has 0 aliphatic carbocycles. The molecule has 7 nitrogen and oxygen atoms in total. The van der Waals surface area contributed by atoms with Gasteiger partial charge < -0.3 is 19.6 Å². The van der Waals surface area contributed by atoms with Crippen molar-refractivity contribution in [3.05, 3.63) is 30.3 Å². The standard InChI is InChI=1S/C20H30N2O5S/c1-2-16-12-22(20(24)15-27-17-6-4-3-5-7-17)19(14-23)18(16)13-21-8-10-28(25,26)11-9-21/h3-7,16,18-19,23H,2,8-15H2,1H3/t16-,18-,19-/m1/s1. The number of para-hydroxylation sites is 1. The fourth-order valence-corrected chi connectivity index (χ4v) is 5.54. The number of aliphatic hydroxyl groups is 1. The van der Waals surface area contributed by atoms with Crippen molar-refractivity contribution in [2.75, 3.05) is 50.9 Å². The lowest BCUT2D eigenvalue weighted by Gasteiger charge is -2.33. The van der Waals surface area contributed by atoms with E-state index in [2.05, 4.69) is 11.8 Å². The smallest absolute Gasteiger partial charge is 0.260 e. The van der Waals surface area contributed by atoms with Crippen LogP contribution in [0.3, 0.4) is 0 Å². The van der Waals surface area contributed by atoms with Crippen LogP contribution in [-0.4, -0.2) is 86.2 Å². The molecule has 3 rings (SSSR count). The highest BCUT2D eigenvalue weighted by molar-refractivity contribution is 7.91. The summed E-state index contributed by atoms with van der Waals surface area (Å²) in [6.45, 7) is 4.33. The van der Waals surface area contributed by atoms with E-state index in [1.807, 2.05) is 30.3 Å². The van der Waals surface area contributed by atoms with Gasteiger partial charge in [0.05, 0.1) is 24.2 Å². The Morgan fingerprint density at radius 3 is 2.50 bits per heavy atom. The van der Waals surface area contributed by atoms with Crippen molar-refractivity contribution >= 4 is 15.7 Å². The molecule has 2 aliphatic rings. The zero-order chi connectivity index (χ0) is 20.1. The predicted octanol–water partition coefficient (Wildman–Crippen LogP) is 0.641. The van der Waals surface area contributed by atoms with Crippen LogP contribution in [0.15, 0.2) is 30.3 Å². The molecule has 1 aromatic rings. The van der Waals surface area contributed by atoms with Gasteiger partial charge in [0.2, 0.25) is 0 Å². The number of nitrogens with zero attached hydrogens (tertiary/aromatic N) is 2. The molecular formula is C20H30N2O5S. The van der Waals surface area contributed by atoms with E-state index in [0.717, 1.165) is 6.42 Å². The summed E-state index contributed by atoms with van der Waals surface area (Å²) in [7, 11) is -2.92. The number of carbonyl (C=O) groups excluding carboxylic acids is 1. The second kappa shape index (κ2) is 9.24. The molecule has 2 saturated heterocycles. The molecule has 1 aromatic carbocycles. The van der Waals surface area contributed by atoms with E-state index in [1.54, 1.807) is 4.90 Å². The van der Waals surface area contributed by atoms with E-state index >= 15 is 0 Å². The maximum atomic E-state index is 12.8. The summed E-state index contributed by atoms with van der Waals surface area (Å²) < 4.78 is 28.9. The molecule has 2 heterocycles. The lowest BCUT2D eigenvalue weighted by Crippen LogP contribution is -2.48.